The first kappa shape index (κ1) is 18.0. The third kappa shape index (κ3) is 4.07. The van der Waals surface area contributed by atoms with Crippen LogP contribution in [0, 0.1) is 5.82 Å². The number of nitrogens with zero attached hydrogens (tertiary/aromatic N) is 2. The van der Waals surface area contributed by atoms with Gasteiger partial charge in [-0.25, -0.2) is 9.37 Å². The van der Waals surface area contributed by atoms with E-state index in [1.54, 1.807) is 24.3 Å². The Bertz CT molecular complexity index is 1020. The molecule has 1 atom stereocenters. The van der Waals surface area contributed by atoms with Crippen molar-refractivity contribution < 1.29 is 14.3 Å². The average molecular weight is 376 g/mol. The van der Waals surface area contributed by atoms with Crippen LogP contribution in [0.5, 0.6) is 0 Å². The number of aliphatic hydroxyl groups excluding tert-OH is 1. The molecule has 2 N–H and O–H groups in total. The minimum atomic E-state index is -0.932. The maximum Gasteiger partial charge on any atom is 0.261 e. The second kappa shape index (κ2) is 7.63. The molecule has 0 aliphatic carbocycles. The maximum atomic E-state index is 13.3. The van der Waals surface area contributed by atoms with Crippen molar-refractivity contribution in [2.24, 2.45) is 0 Å². The van der Waals surface area contributed by atoms with Crippen LogP contribution in [0.4, 0.5) is 4.39 Å². The molecule has 6 nitrogen and oxygen atoms in total. The summed E-state index contributed by atoms with van der Waals surface area (Å²) in [7, 11) is 0. The summed E-state index contributed by atoms with van der Waals surface area (Å²) >= 11 is 5.87. The number of hydrogen-bond acceptors (Lipinski definition) is 4. The highest BCUT2D eigenvalue weighted by Crippen LogP contribution is 2.17. The largest absolute Gasteiger partial charge is 0.387 e. The van der Waals surface area contributed by atoms with Crippen LogP contribution in [0.1, 0.15) is 11.7 Å². The molecule has 0 spiro atoms. The second-order valence-corrected chi connectivity index (χ2v) is 6.15. The van der Waals surface area contributed by atoms with Crippen LogP contribution in [-0.4, -0.2) is 27.1 Å². The van der Waals surface area contributed by atoms with Crippen LogP contribution in [0.2, 0.25) is 5.02 Å². The molecule has 1 amide bonds. The van der Waals surface area contributed by atoms with Gasteiger partial charge in [0, 0.05) is 11.6 Å². The molecular weight excluding hydrogens is 361 g/mol. The highest BCUT2D eigenvalue weighted by Gasteiger charge is 2.12. The summed E-state index contributed by atoms with van der Waals surface area (Å²) in [5.74, 6) is -1.03. The van der Waals surface area contributed by atoms with Gasteiger partial charge in [0.25, 0.3) is 5.56 Å². The number of carbonyl (C=O) groups is 1. The summed E-state index contributed by atoms with van der Waals surface area (Å²) in [6.45, 7) is -0.329. The minimum Gasteiger partial charge on any atom is -0.387 e. The smallest absolute Gasteiger partial charge is 0.261 e. The summed E-state index contributed by atoms with van der Waals surface area (Å²) in [4.78, 5) is 28.4. The van der Waals surface area contributed by atoms with Gasteiger partial charge in [-0.1, -0.05) is 23.7 Å². The Morgan fingerprint density at radius 3 is 2.88 bits per heavy atom. The summed E-state index contributed by atoms with van der Waals surface area (Å²) < 4.78 is 14.4. The van der Waals surface area contributed by atoms with Gasteiger partial charge in [-0.2, -0.15) is 0 Å². The lowest BCUT2D eigenvalue weighted by Crippen LogP contribution is -2.34. The third-order valence-electron chi connectivity index (χ3n) is 3.83. The molecule has 1 heterocycles. The summed E-state index contributed by atoms with van der Waals surface area (Å²) in [6.07, 6.45) is 0.299. The molecule has 3 aromatic rings. The number of carbonyl (C=O) groups excluding carboxylic acids is 1. The standard InChI is InChI=1S/C18H15ClFN3O3/c19-12-3-1-2-11(6-12)16(24)8-21-17(25)9-23-10-22-15-5-4-13(20)7-14(15)18(23)26/h1-7,10,16,24H,8-9H2,(H,21,25). The van der Waals surface area contributed by atoms with E-state index in [4.69, 9.17) is 11.6 Å². The lowest BCUT2D eigenvalue weighted by atomic mass is 10.1. The molecular formula is C18H15ClFN3O3. The maximum absolute atomic E-state index is 13.3. The van der Waals surface area contributed by atoms with Crippen molar-refractivity contribution in [2.45, 2.75) is 12.6 Å². The van der Waals surface area contributed by atoms with Crippen molar-refractivity contribution in [1.29, 1.82) is 0 Å². The SMILES string of the molecule is O=C(Cn1cnc2ccc(F)cc2c1=O)NCC(O)c1cccc(Cl)c1. The molecule has 2 aromatic carbocycles. The number of aromatic nitrogens is 2. The van der Waals surface area contributed by atoms with Gasteiger partial charge in [-0.05, 0) is 35.9 Å². The number of fused-ring (bicyclic) bond motifs is 1. The minimum absolute atomic E-state index is 0.0381. The molecule has 134 valence electrons. The van der Waals surface area contributed by atoms with Gasteiger partial charge in [0.05, 0.1) is 23.3 Å². The fourth-order valence-corrected chi connectivity index (χ4v) is 2.70. The quantitative estimate of drug-likeness (QED) is 0.714. The Hall–Kier alpha value is -2.77. The molecule has 3 rings (SSSR count). The molecule has 0 saturated heterocycles. The van der Waals surface area contributed by atoms with Crippen LogP contribution < -0.4 is 10.9 Å². The van der Waals surface area contributed by atoms with Gasteiger partial charge in [-0.15, -0.1) is 0 Å². The van der Waals surface area contributed by atoms with Crippen molar-refractivity contribution in [2.75, 3.05) is 6.54 Å². The fraction of sp³-hybridized carbons (Fsp3) is 0.167. The van der Waals surface area contributed by atoms with Crippen molar-refractivity contribution >= 4 is 28.4 Å². The van der Waals surface area contributed by atoms with Gasteiger partial charge < -0.3 is 10.4 Å². The van der Waals surface area contributed by atoms with E-state index in [9.17, 15) is 19.1 Å². The zero-order valence-corrected chi connectivity index (χ0v) is 14.3. The van der Waals surface area contributed by atoms with Gasteiger partial charge in [0.1, 0.15) is 12.4 Å². The van der Waals surface area contributed by atoms with E-state index in [0.717, 1.165) is 10.6 Å². The van der Waals surface area contributed by atoms with Gasteiger partial charge in [0.2, 0.25) is 5.91 Å². The topological polar surface area (TPSA) is 84.2 Å². The number of nitrogens with one attached hydrogen (secondary N) is 1. The van der Waals surface area contributed by atoms with E-state index in [1.165, 1.54) is 18.5 Å². The Kier molecular flexibility index (Phi) is 5.29. The predicted molar refractivity (Wildman–Crippen MR) is 95.4 cm³/mol. The number of benzene rings is 2. The Morgan fingerprint density at radius 2 is 2.12 bits per heavy atom. The Morgan fingerprint density at radius 1 is 1.31 bits per heavy atom. The summed E-state index contributed by atoms with van der Waals surface area (Å²) in [5.41, 5.74) is 0.405. The van der Waals surface area contributed by atoms with Gasteiger partial charge in [0.15, 0.2) is 0 Å². The highest BCUT2D eigenvalue weighted by molar-refractivity contribution is 6.30. The molecule has 0 aliphatic heterocycles. The van der Waals surface area contributed by atoms with E-state index in [2.05, 4.69) is 10.3 Å². The van der Waals surface area contributed by atoms with Crippen LogP contribution in [0.15, 0.2) is 53.6 Å². The van der Waals surface area contributed by atoms with Crippen LogP contribution in [0.25, 0.3) is 10.9 Å². The molecule has 26 heavy (non-hydrogen) atoms. The molecule has 0 aliphatic rings. The summed E-state index contributed by atoms with van der Waals surface area (Å²) in [5, 5.41) is 13.2. The lowest BCUT2D eigenvalue weighted by Gasteiger charge is -2.13. The van der Waals surface area contributed by atoms with Crippen molar-refractivity contribution in [1.82, 2.24) is 14.9 Å². The lowest BCUT2D eigenvalue weighted by molar-refractivity contribution is -0.122. The van der Waals surface area contributed by atoms with Crippen molar-refractivity contribution in [3.8, 4) is 0 Å². The van der Waals surface area contributed by atoms with Crippen LogP contribution in [-0.2, 0) is 11.3 Å². The summed E-state index contributed by atoms with van der Waals surface area (Å²) in [6, 6.07) is 10.4. The van der Waals surface area contributed by atoms with Crippen molar-refractivity contribution in [3.63, 3.8) is 0 Å². The first-order valence-corrected chi connectivity index (χ1v) is 8.17. The molecule has 0 fully saturated rings. The number of rotatable bonds is 5. The number of hydrogen-bond donors (Lipinski definition) is 2. The van der Waals surface area contributed by atoms with E-state index in [-0.39, 0.29) is 18.5 Å². The van der Waals surface area contributed by atoms with Crippen LogP contribution >= 0.6 is 11.6 Å². The fourth-order valence-electron chi connectivity index (χ4n) is 2.50. The predicted octanol–water partition coefficient (Wildman–Crippen LogP) is 2.04. The number of aliphatic hydroxyl groups is 1. The Labute approximate surface area is 152 Å². The van der Waals surface area contributed by atoms with Crippen LogP contribution in [0.3, 0.4) is 0 Å². The zero-order valence-electron chi connectivity index (χ0n) is 13.5. The molecule has 1 unspecified atom stereocenters. The van der Waals surface area contributed by atoms with E-state index in [1.807, 2.05) is 0 Å². The molecule has 0 radical (unpaired) electrons. The molecule has 8 heteroatoms. The zero-order chi connectivity index (χ0) is 18.7. The Balaban J connectivity index is 1.67. The monoisotopic (exact) mass is 375 g/mol. The number of amides is 1. The van der Waals surface area contributed by atoms with Gasteiger partial charge in [-0.3, -0.25) is 14.2 Å². The first-order chi connectivity index (χ1) is 12.4. The first-order valence-electron chi connectivity index (χ1n) is 7.79. The van der Waals surface area contributed by atoms with E-state index >= 15 is 0 Å². The molecule has 0 bridgehead atoms. The van der Waals surface area contributed by atoms with Gasteiger partial charge >= 0.3 is 0 Å². The van der Waals surface area contributed by atoms with E-state index in [0.29, 0.717) is 16.1 Å². The average Bonchev–Trinajstić information content (AvgIpc) is 2.62. The number of halogens is 2. The molecule has 1 aromatic heterocycles. The van der Waals surface area contributed by atoms with Crippen molar-refractivity contribution in [3.05, 3.63) is 75.5 Å². The van der Waals surface area contributed by atoms with E-state index < -0.39 is 23.4 Å². The normalized spacial score (nSPS) is 12.1. The molecule has 0 saturated carbocycles. The third-order valence-corrected chi connectivity index (χ3v) is 4.06. The highest BCUT2D eigenvalue weighted by atomic mass is 35.5. The second-order valence-electron chi connectivity index (χ2n) is 5.71.